The maximum atomic E-state index is 13.6. The quantitative estimate of drug-likeness (QED) is 0.610. The number of nitro groups is 1. The monoisotopic (exact) mass is 367 g/mol. The number of halogens is 2. The van der Waals surface area contributed by atoms with Crippen LogP contribution in [-0.4, -0.2) is 33.0 Å². The van der Waals surface area contributed by atoms with Gasteiger partial charge in [-0.25, -0.2) is 13.1 Å². The van der Waals surface area contributed by atoms with Crippen LogP contribution in [0, 0.1) is 21.3 Å². The molecule has 10 heteroatoms. The second-order valence-electron chi connectivity index (χ2n) is 5.76. The van der Waals surface area contributed by atoms with Gasteiger partial charge in [-0.3, -0.25) is 10.1 Å². The minimum absolute atomic E-state index is 0. The van der Waals surface area contributed by atoms with Gasteiger partial charge in [0, 0.05) is 13.1 Å². The zero-order valence-electron chi connectivity index (χ0n) is 12.5. The third kappa shape index (κ3) is 4.60. The number of para-hydroxylation sites is 1. The topological polar surface area (TPSA) is 101 Å². The van der Waals surface area contributed by atoms with Gasteiger partial charge in [0.05, 0.1) is 4.92 Å². The Kier molecular flexibility index (Phi) is 6.46. The fourth-order valence-corrected chi connectivity index (χ4v) is 3.88. The molecule has 0 radical (unpaired) electrons. The van der Waals surface area contributed by atoms with Gasteiger partial charge in [-0.15, -0.1) is 12.4 Å². The van der Waals surface area contributed by atoms with Crippen LogP contribution < -0.4 is 10.0 Å². The van der Waals surface area contributed by atoms with E-state index < -0.39 is 31.3 Å². The number of nitrogens with zero attached hydrogens (tertiary/aromatic N) is 1. The first kappa shape index (κ1) is 19.8. The Hall–Kier alpha value is -1.29. The van der Waals surface area contributed by atoms with E-state index in [9.17, 15) is 22.9 Å². The molecule has 1 aliphatic heterocycles. The predicted octanol–water partition coefficient (Wildman–Crippen LogP) is 1.82. The number of nitro benzene ring substituents is 1. The summed E-state index contributed by atoms with van der Waals surface area (Å²) in [6.45, 7) is 3.61. The number of piperidine rings is 1. The summed E-state index contributed by atoms with van der Waals surface area (Å²) in [7, 11) is -4.16. The number of hydrogen-bond acceptors (Lipinski definition) is 5. The normalized spacial score (nSPS) is 21.5. The molecule has 1 aromatic carbocycles. The van der Waals surface area contributed by atoms with E-state index in [2.05, 4.69) is 10.0 Å². The first-order valence-electron chi connectivity index (χ1n) is 6.88. The van der Waals surface area contributed by atoms with Crippen LogP contribution in [0.5, 0.6) is 0 Å². The van der Waals surface area contributed by atoms with Crippen molar-refractivity contribution in [3.63, 3.8) is 0 Å². The Labute approximate surface area is 140 Å². The van der Waals surface area contributed by atoms with E-state index >= 15 is 0 Å². The first-order valence-corrected chi connectivity index (χ1v) is 8.37. The minimum atomic E-state index is -4.16. The van der Waals surface area contributed by atoms with Crippen molar-refractivity contribution in [1.82, 2.24) is 10.0 Å². The molecule has 2 N–H and O–H groups in total. The van der Waals surface area contributed by atoms with Crippen molar-refractivity contribution in [2.24, 2.45) is 5.41 Å². The number of nitrogens with one attached hydrogen (secondary N) is 2. The largest absolute Gasteiger partial charge is 0.324 e. The van der Waals surface area contributed by atoms with Crippen molar-refractivity contribution in [2.45, 2.75) is 24.7 Å². The van der Waals surface area contributed by atoms with Crippen LogP contribution in [0.15, 0.2) is 23.1 Å². The molecule has 0 saturated carbocycles. The number of rotatable bonds is 5. The average molecular weight is 368 g/mol. The van der Waals surface area contributed by atoms with E-state index in [1.165, 1.54) is 0 Å². The molecule has 0 aromatic heterocycles. The van der Waals surface area contributed by atoms with Crippen LogP contribution >= 0.6 is 12.4 Å². The standard InChI is InChI=1S/C13H18FN3O4S.ClH/c1-13(6-3-7-15-8-13)9-16-22(20,21)11-5-2-4-10(14)12(11)17(18)19;/h2,4-5,15-16H,3,6-9H2,1H3;1H. The van der Waals surface area contributed by atoms with Gasteiger partial charge >= 0.3 is 5.69 Å². The minimum Gasteiger partial charge on any atom is -0.316 e. The van der Waals surface area contributed by atoms with Crippen LogP contribution in [0.2, 0.25) is 0 Å². The summed E-state index contributed by atoms with van der Waals surface area (Å²) < 4.78 is 40.5. The van der Waals surface area contributed by atoms with Crippen molar-refractivity contribution < 1.29 is 17.7 Å². The molecule has 0 aliphatic carbocycles. The Morgan fingerprint density at radius 3 is 2.74 bits per heavy atom. The predicted molar refractivity (Wildman–Crippen MR) is 85.7 cm³/mol. The highest BCUT2D eigenvalue weighted by Gasteiger charge is 2.33. The molecule has 1 atom stereocenters. The van der Waals surface area contributed by atoms with Gasteiger partial charge in [-0.05, 0) is 36.9 Å². The van der Waals surface area contributed by atoms with E-state index in [1.54, 1.807) is 0 Å². The van der Waals surface area contributed by atoms with Crippen molar-refractivity contribution in [1.29, 1.82) is 0 Å². The molecular weight excluding hydrogens is 349 g/mol. The fraction of sp³-hybridized carbons (Fsp3) is 0.538. The Morgan fingerprint density at radius 1 is 1.48 bits per heavy atom. The molecule has 1 aromatic rings. The van der Waals surface area contributed by atoms with Gasteiger partial charge < -0.3 is 5.32 Å². The molecule has 1 saturated heterocycles. The maximum absolute atomic E-state index is 13.6. The molecule has 1 unspecified atom stereocenters. The Balaban J connectivity index is 0.00000264. The zero-order chi connectivity index (χ0) is 16.4. The van der Waals surface area contributed by atoms with Gasteiger partial charge in [0.2, 0.25) is 15.8 Å². The lowest BCUT2D eigenvalue weighted by Gasteiger charge is -2.34. The van der Waals surface area contributed by atoms with Crippen LogP contribution in [0.4, 0.5) is 10.1 Å². The Morgan fingerprint density at radius 2 is 2.17 bits per heavy atom. The molecule has 0 spiro atoms. The van der Waals surface area contributed by atoms with Crippen LogP contribution in [0.3, 0.4) is 0 Å². The first-order chi connectivity index (χ1) is 10.3. The summed E-state index contributed by atoms with van der Waals surface area (Å²) in [5.41, 5.74) is -1.30. The number of benzene rings is 1. The molecule has 2 rings (SSSR count). The second-order valence-corrected chi connectivity index (χ2v) is 7.49. The molecule has 23 heavy (non-hydrogen) atoms. The van der Waals surface area contributed by atoms with Gasteiger partial charge in [-0.1, -0.05) is 13.0 Å². The Bertz CT molecular complexity index is 678. The molecule has 130 valence electrons. The number of hydrogen-bond donors (Lipinski definition) is 2. The van der Waals surface area contributed by atoms with Gasteiger partial charge in [0.1, 0.15) is 0 Å². The fourth-order valence-electron chi connectivity index (χ4n) is 2.51. The summed E-state index contributed by atoms with van der Waals surface area (Å²) in [4.78, 5) is 9.25. The summed E-state index contributed by atoms with van der Waals surface area (Å²) >= 11 is 0. The molecule has 1 heterocycles. The molecule has 7 nitrogen and oxygen atoms in total. The van der Waals surface area contributed by atoms with Crippen molar-refractivity contribution >= 4 is 28.1 Å². The van der Waals surface area contributed by atoms with E-state index in [4.69, 9.17) is 0 Å². The average Bonchev–Trinajstić information content (AvgIpc) is 2.45. The summed E-state index contributed by atoms with van der Waals surface area (Å²) in [6.07, 6.45) is 1.77. The van der Waals surface area contributed by atoms with Gasteiger partial charge in [-0.2, -0.15) is 4.39 Å². The molecule has 0 amide bonds. The summed E-state index contributed by atoms with van der Waals surface area (Å²) in [6, 6.07) is 3.04. The van der Waals surface area contributed by atoms with Gasteiger partial charge in [0.15, 0.2) is 4.90 Å². The number of sulfonamides is 1. The SMILES string of the molecule is CC1(CNS(=O)(=O)c2cccc(F)c2[N+](=O)[O-])CCCNC1.Cl. The highest BCUT2D eigenvalue weighted by molar-refractivity contribution is 7.89. The van der Waals surface area contributed by atoms with Crippen LogP contribution in [0.1, 0.15) is 19.8 Å². The molecule has 1 aliphatic rings. The van der Waals surface area contributed by atoms with Crippen molar-refractivity contribution in [3.8, 4) is 0 Å². The molecule has 1 fully saturated rings. The van der Waals surface area contributed by atoms with Crippen molar-refractivity contribution in [2.75, 3.05) is 19.6 Å². The highest BCUT2D eigenvalue weighted by Crippen LogP contribution is 2.28. The lowest BCUT2D eigenvalue weighted by Crippen LogP contribution is -2.45. The second kappa shape index (κ2) is 7.52. The van der Waals surface area contributed by atoms with Crippen LogP contribution in [-0.2, 0) is 10.0 Å². The van der Waals surface area contributed by atoms with Crippen molar-refractivity contribution in [3.05, 3.63) is 34.1 Å². The van der Waals surface area contributed by atoms with E-state index in [-0.39, 0.29) is 24.4 Å². The smallest absolute Gasteiger partial charge is 0.316 e. The lowest BCUT2D eigenvalue weighted by atomic mass is 9.83. The van der Waals surface area contributed by atoms with E-state index in [0.29, 0.717) is 6.54 Å². The highest BCUT2D eigenvalue weighted by atomic mass is 35.5. The van der Waals surface area contributed by atoms with Crippen LogP contribution in [0.25, 0.3) is 0 Å². The van der Waals surface area contributed by atoms with E-state index in [1.807, 2.05) is 6.92 Å². The molecular formula is C13H19ClFN3O4S. The zero-order valence-corrected chi connectivity index (χ0v) is 14.2. The summed E-state index contributed by atoms with van der Waals surface area (Å²) in [5, 5.41) is 14.1. The van der Waals surface area contributed by atoms with Gasteiger partial charge in [0.25, 0.3) is 0 Å². The summed E-state index contributed by atoms with van der Waals surface area (Å²) in [5.74, 6) is -1.17. The lowest BCUT2D eigenvalue weighted by molar-refractivity contribution is -0.390. The third-order valence-corrected chi connectivity index (χ3v) is 5.23. The third-order valence-electron chi connectivity index (χ3n) is 3.80. The maximum Gasteiger partial charge on any atom is 0.324 e. The van der Waals surface area contributed by atoms with E-state index in [0.717, 1.165) is 37.6 Å². The molecule has 0 bridgehead atoms.